The number of nitriles is 1. The molecule has 0 N–H and O–H groups in total. The second-order valence-electron chi connectivity index (χ2n) is 6.17. The van der Waals surface area contributed by atoms with Crippen LogP contribution in [0.5, 0.6) is 0 Å². The van der Waals surface area contributed by atoms with Crippen molar-refractivity contribution in [3.05, 3.63) is 95.4 Å². The molecule has 0 saturated carbocycles. The molecule has 5 heteroatoms. The number of hydrogen-bond donors (Lipinski definition) is 0. The third-order valence-corrected chi connectivity index (χ3v) is 6.53. The van der Waals surface area contributed by atoms with Gasteiger partial charge in [-0.05, 0) is 28.6 Å². The van der Waals surface area contributed by atoms with Gasteiger partial charge in [0.2, 0.25) is 0 Å². The monoisotopic (exact) mass is 400 g/mol. The normalized spacial score (nSPS) is 11.7. The average molecular weight is 401 g/mol. The molecule has 0 aliphatic carbocycles. The fourth-order valence-electron chi connectivity index (χ4n) is 2.98. The van der Waals surface area contributed by atoms with Crippen LogP contribution in [0, 0.1) is 11.3 Å². The summed E-state index contributed by atoms with van der Waals surface area (Å²) in [6, 6.07) is 27.5. The standard InChI is InChI=1S/C23H16N2OS2/c24-15-20-19(18-10-5-2-6-11-18)14-21(22-12-7-13-27-22)25-23(20)28(26)16-17-8-3-1-4-9-17/h1-14H,16H2/t28-/m0/s1. The van der Waals surface area contributed by atoms with Crippen LogP contribution in [0.1, 0.15) is 11.1 Å². The molecule has 0 bridgehead atoms. The molecule has 0 aliphatic rings. The summed E-state index contributed by atoms with van der Waals surface area (Å²) in [5.74, 6) is 0.324. The second-order valence-corrected chi connectivity index (χ2v) is 8.48. The summed E-state index contributed by atoms with van der Waals surface area (Å²) in [6.07, 6.45) is 0. The van der Waals surface area contributed by atoms with E-state index in [9.17, 15) is 9.47 Å². The Hall–Kier alpha value is -3.07. The zero-order chi connectivity index (χ0) is 19.3. The minimum absolute atomic E-state index is 0.324. The number of nitrogens with zero attached hydrogens (tertiary/aromatic N) is 2. The Kier molecular flexibility index (Phi) is 5.43. The number of hydrogen-bond acceptors (Lipinski definition) is 4. The largest absolute Gasteiger partial charge is 0.252 e. The second kappa shape index (κ2) is 8.30. The first-order valence-electron chi connectivity index (χ1n) is 8.73. The molecule has 0 unspecified atom stereocenters. The van der Waals surface area contributed by atoms with Crippen molar-refractivity contribution in [2.45, 2.75) is 10.8 Å². The van der Waals surface area contributed by atoms with Crippen molar-refractivity contribution in [2.75, 3.05) is 0 Å². The van der Waals surface area contributed by atoms with E-state index in [-0.39, 0.29) is 0 Å². The minimum Gasteiger partial charge on any atom is -0.252 e. The van der Waals surface area contributed by atoms with Gasteiger partial charge in [-0.15, -0.1) is 11.3 Å². The summed E-state index contributed by atoms with van der Waals surface area (Å²) in [5, 5.41) is 12.2. The lowest BCUT2D eigenvalue weighted by atomic mass is 10.0. The topological polar surface area (TPSA) is 53.8 Å². The minimum atomic E-state index is -1.43. The van der Waals surface area contributed by atoms with Gasteiger partial charge in [-0.3, -0.25) is 4.21 Å². The smallest absolute Gasteiger partial charge is 0.146 e. The number of aromatic nitrogens is 1. The zero-order valence-corrected chi connectivity index (χ0v) is 16.5. The molecular formula is C23H16N2OS2. The van der Waals surface area contributed by atoms with Gasteiger partial charge in [0.25, 0.3) is 0 Å². The van der Waals surface area contributed by atoms with Crippen LogP contribution in [-0.4, -0.2) is 9.19 Å². The maximum atomic E-state index is 13.2. The number of rotatable bonds is 5. The molecule has 28 heavy (non-hydrogen) atoms. The van der Waals surface area contributed by atoms with Crippen molar-refractivity contribution < 1.29 is 4.21 Å². The Bertz CT molecular complexity index is 1150. The number of pyridine rings is 1. The molecule has 2 aromatic heterocycles. The Morgan fingerprint density at radius 2 is 1.68 bits per heavy atom. The van der Waals surface area contributed by atoms with E-state index >= 15 is 0 Å². The van der Waals surface area contributed by atoms with Gasteiger partial charge in [0.1, 0.15) is 11.1 Å². The highest BCUT2D eigenvalue weighted by atomic mass is 32.2. The molecule has 4 rings (SSSR count). The average Bonchev–Trinajstić information content (AvgIpc) is 3.29. The maximum Gasteiger partial charge on any atom is 0.146 e. The van der Waals surface area contributed by atoms with Crippen molar-refractivity contribution in [1.82, 2.24) is 4.98 Å². The van der Waals surface area contributed by atoms with Crippen LogP contribution >= 0.6 is 11.3 Å². The van der Waals surface area contributed by atoms with Gasteiger partial charge in [0.15, 0.2) is 0 Å². The quantitative estimate of drug-likeness (QED) is 0.434. The molecule has 0 spiro atoms. The highest BCUT2D eigenvalue weighted by Crippen LogP contribution is 2.33. The van der Waals surface area contributed by atoms with Crippen LogP contribution in [0.4, 0.5) is 0 Å². The summed E-state index contributed by atoms with van der Waals surface area (Å²) in [7, 11) is -1.43. The number of benzene rings is 2. The summed E-state index contributed by atoms with van der Waals surface area (Å²) >= 11 is 1.57. The Morgan fingerprint density at radius 3 is 2.32 bits per heavy atom. The van der Waals surface area contributed by atoms with Gasteiger partial charge in [-0.2, -0.15) is 5.26 Å². The third kappa shape index (κ3) is 3.79. The predicted molar refractivity (Wildman–Crippen MR) is 114 cm³/mol. The van der Waals surface area contributed by atoms with Crippen LogP contribution < -0.4 is 0 Å². The molecule has 1 atom stereocenters. The van der Waals surface area contributed by atoms with E-state index in [1.165, 1.54) is 0 Å². The lowest BCUT2D eigenvalue weighted by Gasteiger charge is -2.12. The van der Waals surface area contributed by atoms with Gasteiger partial charge in [-0.1, -0.05) is 66.7 Å². The van der Waals surface area contributed by atoms with Crippen molar-refractivity contribution in [2.24, 2.45) is 0 Å². The molecule has 0 aliphatic heterocycles. The van der Waals surface area contributed by atoms with Crippen LogP contribution in [0.15, 0.2) is 89.3 Å². The van der Waals surface area contributed by atoms with E-state index in [2.05, 4.69) is 11.1 Å². The van der Waals surface area contributed by atoms with E-state index in [1.807, 2.05) is 84.2 Å². The van der Waals surface area contributed by atoms with Crippen molar-refractivity contribution in [3.63, 3.8) is 0 Å². The molecule has 136 valence electrons. The molecule has 0 fully saturated rings. The number of thiophene rings is 1. The highest BCUT2D eigenvalue weighted by Gasteiger charge is 2.20. The van der Waals surface area contributed by atoms with Gasteiger partial charge >= 0.3 is 0 Å². The van der Waals surface area contributed by atoms with E-state index in [1.54, 1.807) is 11.3 Å². The first kappa shape index (κ1) is 18.3. The lowest BCUT2D eigenvalue weighted by molar-refractivity contribution is 0.679. The first-order chi connectivity index (χ1) is 13.8. The fraction of sp³-hybridized carbons (Fsp3) is 0.0435. The van der Waals surface area contributed by atoms with Gasteiger partial charge in [-0.25, -0.2) is 4.98 Å². The van der Waals surface area contributed by atoms with Crippen LogP contribution in [-0.2, 0) is 16.6 Å². The van der Waals surface area contributed by atoms with Crippen LogP contribution in [0.25, 0.3) is 21.7 Å². The first-order valence-corrected chi connectivity index (χ1v) is 10.9. The third-order valence-electron chi connectivity index (χ3n) is 4.31. The van der Waals surface area contributed by atoms with E-state index in [0.717, 1.165) is 27.3 Å². The van der Waals surface area contributed by atoms with E-state index < -0.39 is 10.8 Å². The summed E-state index contributed by atoms with van der Waals surface area (Å²) in [4.78, 5) is 5.64. The van der Waals surface area contributed by atoms with Crippen molar-refractivity contribution >= 4 is 22.1 Å². The summed E-state index contributed by atoms with van der Waals surface area (Å²) < 4.78 is 13.2. The molecule has 4 aromatic rings. The maximum absolute atomic E-state index is 13.2. The van der Waals surface area contributed by atoms with Crippen LogP contribution in [0.3, 0.4) is 0 Å². The fourth-order valence-corrected chi connectivity index (χ4v) is 4.89. The zero-order valence-electron chi connectivity index (χ0n) is 14.9. The highest BCUT2D eigenvalue weighted by molar-refractivity contribution is 7.84. The summed E-state index contributed by atoms with van der Waals surface area (Å²) in [5.41, 5.74) is 3.74. The van der Waals surface area contributed by atoms with Crippen molar-refractivity contribution in [3.8, 4) is 27.8 Å². The Morgan fingerprint density at radius 1 is 0.964 bits per heavy atom. The van der Waals surface area contributed by atoms with Crippen molar-refractivity contribution in [1.29, 1.82) is 5.26 Å². The van der Waals surface area contributed by atoms with Gasteiger partial charge in [0, 0.05) is 5.56 Å². The van der Waals surface area contributed by atoms with Gasteiger partial charge in [0.05, 0.1) is 32.7 Å². The molecular weight excluding hydrogens is 384 g/mol. The lowest BCUT2D eigenvalue weighted by Crippen LogP contribution is -2.05. The van der Waals surface area contributed by atoms with E-state index in [4.69, 9.17) is 0 Å². The van der Waals surface area contributed by atoms with Crippen LogP contribution in [0.2, 0.25) is 0 Å². The predicted octanol–water partition coefficient (Wildman–Crippen LogP) is 5.66. The molecule has 3 nitrogen and oxygen atoms in total. The summed E-state index contributed by atoms with van der Waals surface area (Å²) in [6.45, 7) is 0. The molecule has 2 aromatic carbocycles. The Labute approximate surface area is 170 Å². The SMILES string of the molecule is N#Cc1c(-c2ccccc2)cc(-c2cccs2)nc1[S@@](=O)Cc1ccccc1. The molecule has 0 saturated heterocycles. The molecule has 0 radical (unpaired) electrons. The van der Waals surface area contributed by atoms with E-state index in [0.29, 0.717) is 16.3 Å². The Balaban J connectivity index is 1.88. The van der Waals surface area contributed by atoms with Gasteiger partial charge < -0.3 is 0 Å². The molecule has 0 amide bonds. The molecule has 2 heterocycles.